The van der Waals surface area contributed by atoms with Crippen LogP contribution in [0.4, 0.5) is 0 Å². The van der Waals surface area contributed by atoms with Crippen LogP contribution < -0.4 is 0 Å². The van der Waals surface area contributed by atoms with Gasteiger partial charge in [-0.2, -0.15) is 0 Å². The van der Waals surface area contributed by atoms with Gasteiger partial charge in [0.15, 0.2) is 0 Å². The molecule has 0 unspecified atom stereocenters. The fourth-order valence-corrected chi connectivity index (χ4v) is 4.65. The van der Waals surface area contributed by atoms with Crippen molar-refractivity contribution in [2.75, 3.05) is 0 Å². The molecule has 1 N–H and O–H groups in total. The van der Waals surface area contributed by atoms with E-state index in [1.165, 1.54) is 31.3 Å². The highest BCUT2D eigenvalue weighted by atomic mass is 17.2. The van der Waals surface area contributed by atoms with Gasteiger partial charge in [0.1, 0.15) is 11.7 Å². The molecule has 0 aromatic heterocycles. The van der Waals surface area contributed by atoms with Crippen molar-refractivity contribution in [3.8, 4) is 0 Å². The largest absolute Gasteiger partial charge is 0.481 e. The second-order valence-electron chi connectivity index (χ2n) is 9.92. The molecule has 4 heteroatoms. The SMILES string of the molecule is CC1=C(CC/C(C)=C\CC[C@@]2(C)CC[C@@H]([C@H](C)C(=O)O)OO2)C(C)(C)CCC1. The number of allylic oxidation sites excluding steroid dienone is 4. The molecule has 0 amide bonds. The Balaban J connectivity index is 1.79. The molecule has 0 aromatic rings. The summed E-state index contributed by atoms with van der Waals surface area (Å²) in [5, 5.41) is 9.11. The fraction of sp³-hybridized carbons (Fsp3) is 0.792. The van der Waals surface area contributed by atoms with E-state index in [0.717, 1.165) is 32.1 Å². The monoisotopic (exact) mass is 392 g/mol. The van der Waals surface area contributed by atoms with Crippen molar-refractivity contribution in [3.63, 3.8) is 0 Å². The van der Waals surface area contributed by atoms with Gasteiger partial charge < -0.3 is 5.11 Å². The fourth-order valence-electron chi connectivity index (χ4n) is 4.65. The van der Waals surface area contributed by atoms with Crippen molar-refractivity contribution >= 4 is 5.97 Å². The van der Waals surface area contributed by atoms with Crippen LogP contribution in [0.1, 0.15) is 99.3 Å². The van der Waals surface area contributed by atoms with Gasteiger partial charge in [-0.1, -0.05) is 36.6 Å². The first-order valence-electron chi connectivity index (χ1n) is 11.0. The smallest absolute Gasteiger partial charge is 0.308 e. The quantitative estimate of drug-likeness (QED) is 0.373. The van der Waals surface area contributed by atoms with E-state index in [-0.39, 0.29) is 11.7 Å². The number of aliphatic carboxylic acids is 1. The van der Waals surface area contributed by atoms with Crippen LogP contribution >= 0.6 is 0 Å². The van der Waals surface area contributed by atoms with Crippen molar-refractivity contribution < 1.29 is 19.7 Å². The maximum Gasteiger partial charge on any atom is 0.308 e. The van der Waals surface area contributed by atoms with Gasteiger partial charge in [-0.05, 0) is 90.9 Å². The lowest BCUT2D eigenvalue weighted by atomic mass is 9.71. The molecule has 1 aliphatic heterocycles. The van der Waals surface area contributed by atoms with Crippen LogP contribution in [-0.4, -0.2) is 22.8 Å². The minimum absolute atomic E-state index is 0.323. The summed E-state index contributed by atoms with van der Waals surface area (Å²) in [6.45, 7) is 13.1. The van der Waals surface area contributed by atoms with E-state index in [2.05, 4.69) is 40.7 Å². The molecule has 1 saturated heterocycles. The first-order chi connectivity index (χ1) is 13.0. The molecule has 0 radical (unpaired) electrons. The second-order valence-corrected chi connectivity index (χ2v) is 9.92. The second kappa shape index (κ2) is 9.58. The number of hydrogen-bond donors (Lipinski definition) is 1. The molecular weight excluding hydrogens is 352 g/mol. The molecule has 28 heavy (non-hydrogen) atoms. The molecule has 1 aliphatic carbocycles. The standard InChI is InChI=1S/C24H40O4/c1-17(11-12-20-18(2)10-8-14-23(20,4)5)9-7-15-24(6)16-13-21(27-28-24)19(3)22(25)26/h9,19,21H,7-8,10-16H2,1-6H3,(H,25,26)/b17-9-/t19-,21-,24-/m0/s1. The minimum atomic E-state index is -0.831. The van der Waals surface area contributed by atoms with E-state index in [9.17, 15) is 4.79 Å². The van der Waals surface area contributed by atoms with Crippen molar-refractivity contribution in [1.82, 2.24) is 0 Å². The first-order valence-corrected chi connectivity index (χ1v) is 11.0. The summed E-state index contributed by atoms with van der Waals surface area (Å²) in [4.78, 5) is 22.2. The van der Waals surface area contributed by atoms with Crippen molar-refractivity contribution in [3.05, 3.63) is 22.8 Å². The Morgan fingerprint density at radius 1 is 1.32 bits per heavy atom. The van der Waals surface area contributed by atoms with Gasteiger partial charge in [0, 0.05) is 0 Å². The average molecular weight is 393 g/mol. The van der Waals surface area contributed by atoms with Crippen molar-refractivity contribution in [1.29, 1.82) is 0 Å². The molecule has 1 heterocycles. The Labute approximate surface area is 171 Å². The van der Waals surface area contributed by atoms with E-state index in [1.807, 2.05) is 0 Å². The van der Waals surface area contributed by atoms with E-state index >= 15 is 0 Å². The third-order valence-electron chi connectivity index (χ3n) is 6.90. The van der Waals surface area contributed by atoms with E-state index in [1.54, 1.807) is 18.1 Å². The van der Waals surface area contributed by atoms with Crippen LogP contribution in [0, 0.1) is 11.3 Å². The number of carbonyl (C=O) groups is 1. The highest BCUT2D eigenvalue weighted by molar-refractivity contribution is 5.70. The zero-order chi connectivity index (χ0) is 20.9. The summed E-state index contributed by atoms with van der Waals surface area (Å²) in [5.74, 6) is -1.37. The predicted octanol–water partition coefficient (Wildman–Crippen LogP) is 6.61. The molecule has 3 atom stereocenters. The Morgan fingerprint density at radius 2 is 2.04 bits per heavy atom. The summed E-state index contributed by atoms with van der Waals surface area (Å²) < 4.78 is 0. The normalized spacial score (nSPS) is 29.6. The number of hydrogen-bond acceptors (Lipinski definition) is 3. The Hall–Kier alpha value is -1.13. The summed E-state index contributed by atoms with van der Waals surface area (Å²) in [5.41, 5.74) is 4.75. The molecule has 160 valence electrons. The summed E-state index contributed by atoms with van der Waals surface area (Å²) in [6, 6.07) is 0. The predicted molar refractivity (Wildman–Crippen MR) is 113 cm³/mol. The average Bonchev–Trinajstić information content (AvgIpc) is 2.60. The number of carboxylic acids is 1. The van der Waals surface area contributed by atoms with E-state index in [4.69, 9.17) is 14.9 Å². The molecule has 0 saturated carbocycles. The van der Waals surface area contributed by atoms with Crippen LogP contribution in [-0.2, 0) is 14.6 Å². The summed E-state index contributed by atoms with van der Waals surface area (Å²) >= 11 is 0. The molecular formula is C24H40O4. The number of rotatable bonds is 8. The van der Waals surface area contributed by atoms with Gasteiger partial charge in [0.2, 0.25) is 0 Å². The lowest BCUT2D eigenvalue weighted by molar-refractivity contribution is -0.411. The Morgan fingerprint density at radius 3 is 2.61 bits per heavy atom. The van der Waals surface area contributed by atoms with E-state index < -0.39 is 11.9 Å². The van der Waals surface area contributed by atoms with Crippen LogP contribution in [0.15, 0.2) is 22.8 Å². The zero-order valence-electron chi connectivity index (χ0n) is 18.8. The summed E-state index contributed by atoms with van der Waals surface area (Å²) in [7, 11) is 0. The Bertz CT molecular complexity index is 606. The number of carboxylic acid groups (broad SMARTS) is 1. The lowest BCUT2D eigenvalue weighted by Gasteiger charge is -2.37. The van der Waals surface area contributed by atoms with E-state index in [0.29, 0.717) is 5.41 Å². The van der Waals surface area contributed by atoms with Gasteiger partial charge in [0.05, 0.1) is 5.92 Å². The molecule has 2 aliphatic rings. The third kappa shape index (κ3) is 6.18. The van der Waals surface area contributed by atoms with Gasteiger partial charge in [-0.15, -0.1) is 0 Å². The molecule has 0 bridgehead atoms. The highest BCUT2D eigenvalue weighted by Gasteiger charge is 2.37. The van der Waals surface area contributed by atoms with Gasteiger partial charge >= 0.3 is 5.97 Å². The van der Waals surface area contributed by atoms with Crippen LogP contribution in [0.3, 0.4) is 0 Å². The highest BCUT2D eigenvalue weighted by Crippen LogP contribution is 2.42. The summed E-state index contributed by atoms with van der Waals surface area (Å²) in [6.07, 6.45) is 11.6. The maximum atomic E-state index is 11.1. The van der Waals surface area contributed by atoms with Crippen LogP contribution in [0.25, 0.3) is 0 Å². The lowest BCUT2D eigenvalue weighted by Crippen LogP contribution is -2.41. The van der Waals surface area contributed by atoms with Gasteiger partial charge in [0.25, 0.3) is 0 Å². The third-order valence-corrected chi connectivity index (χ3v) is 6.90. The molecule has 2 rings (SSSR count). The topological polar surface area (TPSA) is 55.8 Å². The van der Waals surface area contributed by atoms with Crippen LogP contribution in [0.5, 0.6) is 0 Å². The van der Waals surface area contributed by atoms with Crippen LogP contribution in [0.2, 0.25) is 0 Å². The van der Waals surface area contributed by atoms with Crippen molar-refractivity contribution in [2.24, 2.45) is 11.3 Å². The molecule has 0 spiro atoms. The molecule has 1 fully saturated rings. The van der Waals surface area contributed by atoms with Gasteiger partial charge in [-0.3, -0.25) is 4.79 Å². The minimum Gasteiger partial charge on any atom is -0.481 e. The molecule has 4 nitrogen and oxygen atoms in total. The first kappa shape index (κ1) is 23.2. The maximum absolute atomic E-state index is 11.1. The van der Waals surface area contributed by atoms with Crippen molar-refractivity contribution in [2.45, 2.75) is 111 Å². The zero-order valence-corrected chi connectivity index (χ0v) is 18.8. The Kier molecular flexibility index (Phi) is 7.92. The van der Waals surface area contributed by atoms with Gasteiger partial charge in [-0.25, -0.2) is 9.78 Å². The molecule has 0 aromatic carbocycles.